The minimum absolute atomic E-state index is 0.444. The predicted molar refractivity (Wildman–Crippen MR) is 41.0 cm³/mol. The van der Waals surface area contributed by atoms with E-state index in [-0.39, 0.29) is 0 Å². The lowest BCUT2D eigenvalue weighted by Gasteiger charge is -1.85. The molecule has 0 bridgehead atoms. The Morgan fingerprint density at radius 1 is 1.58 bits per heavy atom. The Bertz CT molecular complexity index is 402. The van der Waals surface area contributed by atoms with Gasteiger partial charge in [-0.1, -0.05) is 0 Å². The Balaban J connectivity index is 2.70. The standard InChI is InChI=1S/C7H5N3O2/c11-7(12)10-4-5-2-1-3-8-6(5)9-10/h1-4H,(H,11,12). The van der Waals surface area contributed by atoms with Gasteiger partial charge in [-0.15, -0.1) is 5.10 Å². The molecule has 0 aliphatic carbocycles. The van der Waals surface area contributed by atoms with E-state index in [4.69, 9.17) is 5.11 Å². The highest BCUT2D eigenvalue weighted by Gasteiger charge is 2.04. The molecular formula is C7H5N3O2. The van der Waals surface area contributed by atoms with Crippen LogP contribution < -0.4 is 0 Å². The summed E-state index contributed by atoms with van der Waals surface area (Å²) in [6, 6.07) is 3.49. The number of aromatic nitrogens is 3. The van der Waals surface area contributed by atoms with Crippen molar-refractivity contribution in [1.29, 1.82) is 0 Å². The molecule has 12 heavy (non-hydrogen) atoms. The van der Waals surface area contributed by atoms with Gasteiger partial charge in [-0.2, -0.15) is 4.68 Å². The Hall–Kier alpha value is -1.91. The van der Waals surface area contributed by atoms with Crippen LogP contribution in [0, 0.1) is 0 Å². The Kier molecular flexibility index (Phi) is 1.30. The molecule has 0 aromatic carbocycles. The third-order valence-electron chi connectivity index (χ3n) is 1.48. The van der Waals surface area contributed by atoms with Crippen LogP contribution in [0.2, 0.25) is 0 Å². The lowest BCUT2D eigenvalue weighted by molar-refractivity contribution is 0.193. The van der Waals surface area contributed by atoms with Crippen LogP contribution in [0.3, 0.4) is 0 Å². The second-order valence-electron chi connectivity index (χ2n) is 2.27. The maximum absolute atomic E-state index is 10.4. The molecule has 2 rings (SSSR count). The normalized spacial score (nSPS) is 10.3. The molecule has 0 amide bonds. The second kappa shape index (κ2) is 2.30. The molecule has 0 fully saturated rings. The highest BCUT2D eigenvalue weighted by atomic mass is 16.4. The van der Waals surface area contributed by atoms with Crippen molar-refractivity contribution < 1.29 is 9.90 Å². The number of rotatable bonds is 0. The van der Waals surface area contributed by atoms with Crippen molar-refractivity contribution in [2.45, 2.75) is 0 Å². The van der Waals surface area contributed by atoms with Gasteiger partial charge < -0.3 is 5.11 Å². The van der Waals surface area contributed by atoms with Gasteiger partial charge >= 0.3 is 6.09 Å². The van der Waals surface area contributed by atoms with Crippen molar-refractivity contribution in [1.82, 2.24) is 14.8 Å². The number of carbonyl (C=O) groups is 1. The second-order valence-corrected chi connectivity index (χ2v) is 2.27. The first-order chi connectivity index (χ1) is 5.77. The van der Waals surface area contributed by atoms with Gasteiger partial charge in [0.15, 0.2) is 5.65 Å². The summed E-state index contributed by atoms with van der Waals surface area (Å²) in [6.07, 6.45) is 1.89. The SMILES string of the molecule is O=C(O)n1cc2cccnc2n1. The first-order valence-electron chi connectivity index (χ1n) is 3.31. The monoisotopic (exact) mass is 163 g/mol. The van der Waals surface area contributed by atoms with Gasteiger partial charge in [-0.05, 0) is 12.1 Å². The Morgan fingerprint density at radius 3 is 3.08 bits per heavy atom. The molecule has 0 saturated carbocycles. The fraction of sp³-hybridized carbons (Fsp3) is 0. The van der Waals surface area contributed by atoms with E-state index in [0.717, 1.165) is 10.1 Å². The van der Waals surface area contributed by atoms with Crippen LogP contribution in [0.15, 0.2) is 24.5 Å². The van der Waals surface area contributed by atoms with Crippen LogP contribution in [0.1, 0.15) is 0 Å². The molecule has 2 aromatic heterocycles. The van der Waals surface area contributed by atoms with E-state index in [2.05, 4.69) is 10.1 Å². The van der Waals surface area contributed by atoms with Crippen LogP contribution in [-0.2, 0) is 0 Å². The van der Waals surface area contributed by atoms with Crippen LogP contribution >= 0.6 is 0 Å². The maximum Gasteiger partial charge on any atom is 0.432 e. The summed E-state index contributed by atoms with van der Waals surface area (Å²) in [5, 5.41) is 13.0. The lowest BCUT2D eigenvalue weighted by Crippen LogP contribution is -2.07. The molecule has 1 N–H and O–H groups in total. The molecule has 0 radical (unpaired) electrons. The average molecular weight is 163 g/mol. The molecule has 0 aliphatic heterocycles. The number of hydrogen-bond donors (Lipinski definition) is 1. The lowest BCUT2D eigenvalue weighted by atomic mass is 10.4. The van der Waals surface area contributed by atoms with E-state index in [9.17, 15) is 4.79 Å². The first-order valence-corrected chi connectivity index (χ1v) is 3.31. The number of hydrogen-bond acceptors (Lipinski definition) is 3. The van der Waals surface area contributed by atoms with Crippen LogP contribution in [0.4, 0.5) is 4.79 Å². The third-order valence-corrected chi connectivity index (χ3v) is 1.48. The summed E-state index contributed by atoms with van der Waals surface area (Å²) in [5.41, 5.74) is 0.444. The average Bonchev–Trinajstić information content (AvgIpc) is 2.46. The third kappa shape index (κ3) is 0.914. The van der Waals surface area contributed by atoms with Gasteiger partial charge in [-0.25, -0.2) is 9.78 Å². The summed E-state index contributed by atoms with van der Waals surface area (Å²) in [4.78, 5) is 14.3. The fourth-order valence-electron chi connectivity index (χ4n) is 0.954. The molecule has 2 heterocycles. The molecule has 60 valence electrons. The van der Waals surface area contributed by atoms with E-state index < -0.39 is 6.09 Å². The summed E-state index contributed by atoms with van der Waals surface area (Å²) < 4.78 is 0.845. The fourth-order valence-corrected chi connectivity index (χ4v) is 0.954. The smallest absolute Gasteiger partial charge is 0.432 e. The largest absolute Gasteiger partial charge is 0.463 e. The highest BCUT2D eigenvalue weighted by Crippen LogP contribution is 2.06. The predicted octanol–water partition coefficient (Wildman–Crippen LogP) is 0.957. The number of nitrogens with zero attached hydrogens (tertiary/aromatic N) is 3. The summed E-state index contributed by atoms with van der Waals surface area (Å²) in [6.45, 7) is 0. The molecule has 2 aromatic rings. The molecule has 0 atom stereocenters. The molecule has 0 unspecified atom stereocenters. The quantitative estimate of drug-likeness (QED) is 0.628. The maximum atomic E-state index is 10.4. The van der Waals surface area contributed by atoms with Crippen molar-refractivity contribution >= 4 is 17.1 Å². The van der Waals surface area contributed by atoms with E-state index in [1.165, 1.54) is 6.20 Å². The molecular weight excluding hydrogens is 158 g/mol. The van der Waals surface area contributed by atoms with Crippen molar-refractivity contribution in [3.8, 4) is 0 Å². The van der Waals surface area contributed by atoms with Crippen LogP contribution in [-0.4, -0.2) is 26.0 Å². The first kappa shape index (κ1) is 6.78. The zero-order chi connectivity index (χ0) is 8.55. The van der Waals surface area contributed by atoms with Gasteiger partial charge in [0, 0.05) is 17.8 Å². The van der Waals surface area contributed by atoms with Crippen molar-refractivity contribution in [3.63, 3.8) is 0 Å². The van der Waals surface area contributed by atoms with Crippen molar-refractivity contribution in [3.05, 3.63) is 24.5 Å². The number of carboxylic acid groups (broad SMARTS) is 1. The highest BCUT2D eigenvalue weighted by molar-refractivity contribution is 5.78. The van der Waals surface area contributed by atoms with Crippen LogP contribution in [0.5, 0.6) is 0 Å². The van der Waals surface area contributed by atoms with E-state index in [1.54, 1.807) is 18.3 Å². The van der Waals surface area contributed by atoms with E-state index in [0.29, 0.717) is 5.65 Å². The summed E-state index contributed by atoms with van der Waals surface area (Å²) in [5.74, 6) is 0. The minimum Gasteiger partial charge on any atom is -0.463 e. The molecule has 0 spiro atoms. The molecule has 0 saturated heterocycles. The molecule has 5 nitrogen and oxygen atoms in total. The van der Waals surface area contributed by atoms with Gasteiger partial charge in [-0.3, -0.25) is 0 Å². The topological polar surface area (TPSA) is 68.0 Å². The summed E-state index contributed by atoms with van der Waals surface area (Å²) >= 11 is 0. The molecule has 0 aliphatic rings. The number of fused-ring (bicyclic) bond motifs is 1. The molecule has 5 heteroatoms. The van der Waals surface area contributed by atoms with Gasteiger partial charge in [0.2, 0.25) is 0 Å². The van der Waals surface area contributed by atoms with Crippen LogP contribution in [0.25, 0.3) is 11.0 Å². The number of pyridine rings is 1. The zero-order valence-corrected chi connectivity index (χ0v) is 6.01. The summed E-state index contributed by atoms with van der Waals surface area (Å²) in [7, 11) is 0. The zero-order valence-electron chi connectivity index (χ0n) is 6.01. The minimum atomic E-state index is -1.10. The van der Waals surface area contributed by atoms with Gasteiger partial charge in [0.25, 0.3) is 0 Å². The van der Waals surface area contributed by atoms with E-state index in [1.807, 2.05) is 0 Å². The van der Waals surface area contributed by atoms with Gasteiger partial charge in [0.05, 0.1) is 0 Å². The Labute approximate surface area is 67.3 Å². The van der Waals surface area contributed by atoms with Gasteiger partial charge in [0.1, 0.15) is 0 Å². The van der Waals surface area contributed by atoms with Crippen molar-refractivity contribution in [2.75, 3.05) is 0 Å². The Morgan fingerprint density at radius 2 is 2.42 bits per heavy atom. The van der Waals surface area contributed by atoms with Crippen molar-refractivity contribution in [2.24, 2.45) is 0 Å². The van der Waals surface area contributed by atoms with E-state index >= 15 is 0 Å².